The Morgan fingerprint density at radius 1 is 1.47 bits per heavy atom. The van der Waals surface area contributed by atoms with Gasteiger partial charge in [0, 0.05) is 11.8 Å². The molecule has 0 amide bonds. The minimum atomic E-state index is -0.832. The molecule has 0 aliphatic rings. The molecule has 1 atom stereocenters. The van der Waals surface area contributed by atoms with E-state index in [1.54, 1.807) is 19.2 Å². The second kappa shape index (κ2) is 5.77. The van der Waals surface area contributed by atoms with Crippen LogP contribution in [0.3, 0.4) is 0 Å². The number of aromatic nitrogens is 1. The average molecular weight is 236 g/mol. The van der Waals surface area contributed by atoms with Gasteiger partial charge in [-0.05, 0) is 26.3 Å². The van der Waals surface area contributed by atoms with Crippen LogP contribution in [0.25, 0.3) is 0 Å². The summed E-state index contributed by atoms with van der Waals surface area (Å²) in [5.74, 6) is 0.513. The van der Waals surface area contributed by atoms with Crippen molar-refractivity contribution < 1.29 is 9.53 Å². The number of hydrogen-bond donors (Lipinski definition) is 1. The molecule has 0 aromatic carbocycles. The first-order chi connectivity index (χ1) is 8.01. The standard InChI is InChI=1S/C13H20N2O2/c1-4-6-13(3,14)12(16)10-7-11(17-5-2)9-15-8-10/h7-9H,4-6,14H2,1-3H3. The fourth-order valence-electron chi connectivity index (χ4n) is 1.75. The van der Waals surface area contributed by atoms with Crippen LogP contribution < -0.4 is 10.5 Å². The number of nitrogens with two attached hydrogens (primary N) is 1. The number of carbonyl (C=O) groups is 1. The number of pyridine rings is 1. The topological polar surface area (TPSA) is 65.2 Å². The highest BCUT2D eigenvalue weighted by molar-refractivity contribution is 6.02. The molecule has 94 valence electrons. The van der Waals surface area contributed by atoms with Crippen molar-refractivity contribution in [3.8, 4) is 5.75 Å². The summed E-state index contributed by atoms with van der Waals surface area (Å²) < 4.78 is 5.31. The van der Waals surface area contributed by atoms with E-state index in [9.17, 15) is 4.79 Å². The zero-order chi connectivity index (χ0) is 12.9. The van der Waals surface area contributed by atoms with Crippen LogP contribution in [-0.2, 0) is 0 Å². The molecule has 1 rings (SSSR count). The fourth-order valence-corrected chi connectivity index (χ4v) is 1.75. The van der Waals surface area contributed by atoms with Gasteiger partial charge in [-0.25, -0.2) is 0 Å². The molecule has 1 aromatic heterocycles. The number of rotatable bonds is 6. The second-order valence-electron chi connectivity index (χ2n) is 4.34. The minimum Gasteiger partial charge on any atom is -0.492 e. The zero-order valence-electron chi connectivity index (χ0n) is 10.7. The molecule has 0 fully saturated rings. The summed E-state index contributed by atoms with van der Waals surface area (Å²) in [5.41, 5.74) is 5.69. The third-order valence-corrected chi connectivity index (χ3v) is 2.57. The van der Waals surface area contributed by atoms with Gasteiger partial charge < -0.3 is 10.5 Å². The van der Waals surface area contributed by atoms with Gasteiger partial charge in [0.25, 0.3) is 0 Å². The molecule has 1 aromatic rings. The Kier molecular flexibility index (Phi) is 4.63. The molecule has 0 aliphatic carbocycles. The molecule has 0 saturated heterocycles. The van der Waals surface area contributed by atoms with Crippen LogP contribution >= 0.6 is 0 Å². The van der Waals surface area contributed by atoms with Crippen LogP contribution in [0.4, 0.5) is 0 Å². The molecule has 4 nitrogen and oxygen atoms in total. The average Bonchev–Trinajstić information content (AvgIpc) is 2.29. The fraction of sp³-hybridized carbons (Fsp3) is 0.538. The molecular weight excluding hydrogens is 216 g/mol. The van der Waals surface area contributed by atoms with E-state index in [4.69, 9.17) is 10.5 Å². The normalized spacial score (nSPS) is 14.1. The van der Waals surface area contributed by atoms with Gasteiger partial charge in [0.05, 0.1) is 18.3 Å². The van der Waals surface area contributed by atoms with Crippen molar-refractivity contribution in [2.75, 3.05) is 6.61 Å². The van der Waals surface area contributed by atoms with E-state index in [0.29, 0.717) is 24.3 Å². The Balaban J connectivity index is 2.92. The maximum absolute atomic E-state index is 12.2. The van der Waals surface area contributed by atoms with Crippen molar-refractivity contribution in [2.24, 2.45) is 5.73 Å². The highest BCUT2D eigenvalue weighted by Gasteiger charge is 2.28. The van der Waals surface area contributed by atoms with Crippen LogP contribution in [0.1, 0.15) is 44.0 Å². The Hall–Kier alpha value is -1.42. The van der Waals surface area contributed by atoms with Crippen molar-refractivity contribution >= 4 is 5.78 Å². The number of Topliss-reactive ketones (excluding diaryl/α,β-unsaturated/α-hetero) is 1. The summed E-state index contributed by atoms with van der Waals surface area (Å²) in [4.78, 5) is 16.2. The Labute approximate surface area is 102 Å². The maximum Gasteiger partial charge on any atom is 0.184 e. The van der Waals surface area contributed by atoms with Crippen LogP contribution in [0.2, 0.25) is 0 Å². The van der Waals surface area contributed by atoms with Gasteiger partial charge in [-0.1, -0.05) is 13.3 Å². The van der Waals surface area contributed by atoms with E-state index < -0.39 is 5.54 Å². The van der Waals surface area contributed by atoms with Crippen LogP contribution in [0.5, 0.6) is 5.75 Å². The van der Waals surface area contributed by atoms with E-state index in [-0.39, 0.29) is 5.78 Å². The number of carbonyl (C=O) groups excluding carboxylic acids is 1. The Bertz CT molecular complexity index is 389. The molecule has 0 aliphatic heterocycles. The number of hydrogen-bond acceptors (Lipinski definition) is 4. The third kappa shape index (κ3) is 3.53. The highest BCUT2D eigenvalue weighted by Crippen LogP contribution is 2.19. The van der Waals surface area contributed by atoms with E-state index in [0.717, 1.165) is 6.42 Å². The molecule has 1 heterocycles. The van der Waals surface area contributed by atoms with Crippen LogP contribution in [-0.4, -0.2) is 22.9 Å². The van der Waals surface area contributed by atoms with Crippen molar-refractivity contribution in [1.29, 1.82) is 0 Å². The van der Waals surface area contributed by atoms with Gasteiger partial charge in [0.2, 0.25) is 0 Å². The molecule has 2 N–H and O–H groups in total. The number of ether oxygens (including phenoxy) is 1. The summed E-state index contributed by atoms with van der Waals surface area (Å²) in [7, 11) is 0. The van der Waals surface area contributed by atoms with Gasteiger partial charge in [-0.2, -0.15) is 0 Å². The van der Waals surface area contributed by atoms with Crippen molar-refractivity contribution in [2.45, 2.75) is 39.2 Å². The lowest BCUT2D eigenvalue weighted by molar-refractivity contribution is 0.0892. The smallest absolute Gasteiger partial charge is 0.184 e. The second-order valence-corrected chi connectivity index (χ2v) is 4.34. The molecule has 17 heavy (non-hydrogen) atoms. The minimum absolute atomic E-state index is 0.0894. The first kappa shape index (κ1) is 13.6. The lowest BCUT2D eigenvalue weighted by Crippen LogP contribution is -2.44. The number of nitrogens with zero attached hydrogens (tertiary/aromatic N) is 1. The largest absolute Gasteiger partial charge is 0.492 e. The monoisotopic (exact) mass is 236 g/mol. The van der Waals surface area contributed by atoms with Gasteiger partial charge in [0.1, 0.15) is 5.75 Å². The number of ketones is 1. The molecule has 1 unspecified atom stereocenters. The maximum atomic E-state index is 12.2. The Morgan fingerprint density at radius 2 is 2.18 bits per heavy atom. The summed E-state index contributed by atoms with van der Waals surface area (Å²) in [6, 6.07) is 1.69. The molecule has 0 spiro atoms. The van der Waals surface area contributed by atoms with Crippen molar-refractivity contribution in [3.63, 3.8) is 0 Å². The predicted octanol–water partition coefficient (Wildman–Crippen LogP) is 2.18. The predicted molar refractivity (Wildman–Crippen MR) is 67.2 cm³/mol. The van der Waals surface area contributed by atoms with Gasteiger partial charge >= 0.3 is 0 Å². The summed E-state index contributed by atoms with van der Waals surface area (Å²) in [5, 5.41) is 0. The Morgan fingerprint density at radius 3 is 2.76 bits per heavy atom. The van der Waals surface area contributed by atoms with Gasteiger partial charge in [-0.15, -0.1) is 0 Å². The quantitative estimate of drug-likeness (QED) is 0.769. The molecule has 4 heteroatoms. The summed E-state index contributed by atoms with van der Waals surface area (Å²) >= 11 is 0. The zero-order valence-corrected chi connectivity index (χ0v) is 10.7. The summed E-state index contributed by atoms with van der Waals surface area (Å²) in [6.45, 7) is 6.20. The SMILES string of the molecule is CCCC(C)(N)C(=O)c1cncc(OCC)c1. The molecule has 0 bridgehead atoms. The third-order valence-electron chi connectivity index (χ3n) is 2.57. The lowest BCUT2D eigenvalue weighted by atomic mass is 9.89. The van der Waals surface area contributed by atoms with Gasteiger partial charge in [0.15, 0.2) is 5.78 Å². The van der Waals surface area contributed by atoms with Gasteiger partial charge in [-0.3, -0.25) is 9.78 Å². The van der Waals surface area contributed by atoms with E-state index in [1.807, 2.05) is 13.8 Å². The highest BCUT2D eigenvalue weighted by atomic mass is 16.5. The van der Waals surface area contributed by atoms with E-state index in [2.05, 4.69) is 4.98 Å². The molecular formula is C13H20N2O2. The lowest BCUT2D eigenvalue weighted by Gasteiger charge is -2.22. The molecule has 0 radical (unpaired) electrons. The molecule has 0 saturated carbocycles. The summed E-state index contributed by atoms with van der Waals surface area (Å²) in [6.07, 6.45) is 4.65. The van der Waals surface area contributed by atoms with Crippen molar-refractivity contribution in [1.82, 2.24) is 4.98 Å². The van der Waals surface area contributed by atoms with E-state index in [1.165, 1.54) is 6.20 Å². The first-order valence-corrected chi connectivity index (χ1v) is 5.92. The van der Waals surface area contributed by atoms with Crippen LogP contribution in [0.15, 0.2) is 18.5 Å². The van der Waals surface area contributed by atoms with Crippen LogP contribution in [0, 0.1) is 0 Å². The van der Waals surface area contributed by atoms with E-state index >= 15 is 0 Å². The van der Waals surface area contributed by atoms with Crippen molar-refractivity contribution in [3.05, 3.63) is 24.0 Å². The first-order valence-electron chi connectivity index (χ1n) is 5.92.